The number of nitrogens with zero attached hydrogens (tertiary/aromatic N) is 3. The van der Waals surface area contributed by atoms with E-state index in [9.17, 15) is 9.59 Å². The van der Waals surface area contributed by atoms with Crippen LogP contribution < -0.4 is 10.9 Å². The van der Waals surface area contributed by atoms with E-state index in [2.05, 4.69) is 10.3 Å². The molecule has 10 heteroatoms. The van der Waals surface area contributed by atoms with Crippen molar-refractivity contribution in [3.8, 4) is 0 Å². The number of methoxy groups -OCH3 is 2. The number of aromatic nitrogens is 2. The Morgan fingerprint density at radius 1 is 1.09 bits per heavy atom. The van der Waals surface area contributed by atoms with Crippen molar-refractivity contribution in [2.45, 2.75) is 46.4 Å². The van der Waals surface area contributed by atoms with Crippen LogP contribution in [-0.4, -0.2) is 87.6 Å². The van der Waals surface area contributed by atoms with Crippen LogP contribution in [0.4, 0.5) is 0 Å². The number of carbonyl (C=O) groups excluding carboxylic acids is 1. The van der Waals surface area contributed by atoms with Crippen molar-refractivity contribution in [3.63, 3.8) is 0 Å². The number of nitrogens with one attached hydrogen (secondary N) is 1. The van der Waals surface area contributed by atoms with E-state index in [0.717, 1.165) is 11.1 Å². The fourth-order valence-electron chi connectivity index (χ4n) is 3.64. The third-order valence-corrected chi connectivity index (χ3v) is 6.16. The topological polar surface area (TPSA) is 104 Å². The molecule has 0 spiro atoms. The molecule has 2 rings (SSSR count). The summed E-state index contributed by atoms with van der Waals surface area (Å²) in [7, 11) is 6.94. The van der Waals surface area contributed by atoms with Crippen molar-refractivity contribution in [2.24, 2.45) is 5.92 Å². The molecule has 1 N–H and O–H groups in total. The van der Waals surface area contributed by atoms with Gasteiger partial charge in [0, 0.05) is 33.2 Å². The van der Waals surface area contributed by atoms with Crippen molar-refractivity contribution >= 4 is 16.9 Å². The first kappa shape index (κ1) is 28.9. The van der Waals surface area contributed by atoms with E-state index in [0.29, 0.717) is 24.1 Å². The Bertz CT molecular complexity index is 1040. The normalized spacial score (nSPS) is 14.3. The van der Waals surface area contributed by atoms with Gasteiger partial charge in [-0.2, -0.15) is 0 Å². The largest absolute Gasteiger partial charge is 0.359 e. The van der Waals surface area contributed by atoms with Gasteiger partial charge in [0.1, 0.15) is 13.6 Å². The predicted octanol–water partition coefficient (Wildman–Crippen LogP) is 1.94. The molecule has 1 amide bonds. The van der Waals surface area contributed by atoms with Gasteiger partial charge in [-0.3, -0.25) is 9.59 Å². The summed E-state index contributed by atoms with van der Waals surface area (Å²) < 4.78 is 23.5. The molecule has 1 aromatic heterocycles. The first-order valence-corrected chi connectivity index (χ1v) is 11.8. The molecule has 35 heavy (non-hydrogen) atoms. The van der Waals surface area contributed by atoms with Crippen LogP contribution in [0, 0.1) is 19.8 Å². The van der Waals surface area contributed by atoms with E-state index in [1.807, 2.05) is 58.8 Å². The van der Waals surface area contributed by atoms with Gasteiger partial charge in [0.2, 0.25) is 0 Å². The van der Waals surface area contributed by atoms with Crippen molar-refractivity contribution in [3.05, 3.63) is 39.3 Å². The summed E-state index contributed by atoms with van der Waals surface area (Å²) in [6, 6.07) is 3.83. The molecule has 3 atom stereocenters. The summed E-state index contributed by atoms with van der Waals surface area (Å²) in [5.74, 6) is -0.607. The highest BCUT2D eigenvalue weighted by Crippen LogP contribution is 2.21. The second kappa shape index (κ2) is 13.6. The first-order valence-electron chi connectivity index (χ1n) is 11.8. The van der Waals surface area contributed by atoms with Gasteiger partial charge in [-0.05, 0) is 58.1 Å². The molecule has 0 aliphatic rings. The molecule has 0 saturated carbocycles. The molecule has 0 aliphatic carbocycles. The van der Waals surface area contributed by atoms with E-state index in [1.165, 1.54) is 0 Å². The van der Waals surface area contributed by atoms with Gasteiger partial charge in [-0.15, -0.1) is 0 Å². The standard InChI is InChI=1S/C25H40N4O6/c1-16-11-20-21(12-17(16)2)29(25(31)23(27-20)24(30)26-9-10-28(5)6)13-22(35-15-33-8)18(3)19(4)34-14-32-7/h11-12,18-19,22H,9-10,13-15H2,1-8H3,(H,26,30)/t18-,19-,22+/m1/s1. The number of benzene rings is 1. The Morgan fingerprint density at radius 2 is 1.71 bits per heavy atom. The van der Waals surface area contributed by atoms with Crippen LogP contribution in [0.2, 0.25) is 0 Å². The number of rotatable bonds is 14. The maximum Gasteiger partial charge on any atom is 0.282 e. The van der Waals surface area contributed by atoms with Crippen LogP contribution in [0.5, 0.6) is 0 Å². The molecular weight excluding hydrogens is 452 g/mol. The van der Waals surface area contributed by atoms with E-state index in [4.69, 9.17) is 18.9 Å². The van der Waals surface area contributed by atoms with Gasteiger partial charge >= 0.3 is 0 Å². The van der Waals surface area contributed by atoms with Gasteiger partial charge in [0.15, 0.2) is 5.69 Å². The minimum atomic E-state index is -0.495. The lowest BCUT2D eigenvalue weighted by Crippen LogP contribution is -2.41. The maximum absolute atomic E-state index is 13.6. The lowest BCUT2D eigenvalue weighted by Gasteiger charge is -2.29. The molecule has 0 fully saturated rings. The van der Waals surface area contributed by atoms with E-state index in [1.54, 1.807) is 18.8 Å². The van der Waals surface area contributed by atoms with Gasteiger partial charge in [0.05, 0.1) is 29.8 Å². The summed E-state index contributed by atoms with van der Waals surface area (Å²) in [5.41, 5.74) is 2.66. The van der Waals surface area contributed by atoms with Gasteiger partial charge < -0.3 is 33.7 Å². The van der Waals surface area contributed by atoms with Crippen LogP contribution in [0.3, 0.4) is 0 Å². The number of amides is 1. The van der Waals surface area contributed by atoms with E-state index >= 15 is 0 Å². The third-order valence-electron chi connectivity index (χ3n) is 6.16. The minimum Gasteiger partial charge on any atom is -0.359 e. The zero-order valence-corrected chi connectivity index (χ0v) is 22.2. The van der Waals surface area contributed by atoms with Crippen molar-refractivity contribution in [1.82, 2.24) is 19.8 Å². The molecule has 196 valence electrons. The highest BCUT2D eigenvalue weighted by atomic mass is 16.7. The zero-order chi connectivity index (χ0) is 26.1. The van der Waals surface area contributed by atoms with Crippen LogP contribution >= 0.6 is 0 Å². The quantitative estimate of drug-likeness (QED) is 0.399. The fraction of sp³-hybridized carbons (Fsp3) is 0.640. The SMILES string of the molecule is COCO[C@@H](Cn1c(=O)c(C(=O)NCCN(C)C)nc2cc(C)c(C)cc21)[C@H](C)[C@@H](C)OCOC. The molecule has 0 aliphatic heterocycles. The maximum atomic E-state index is 13.6. The third kappa shape index (κ3) is 7.81. The molecule has 1 aromatic carbocycles. The van der Waals surface area contributed by atoms with Gasteiger partial charge in [-0.1, -0.05) is 6.92 Å². The number of fused-ring (bicyclic) bond motifs is 1. The number of hydrogen-bond donors (Lipinski definition) is 1. The lowest BCUT2D eigenvalue weighted by atomic mass is 9.98. The van der Waals surface area contributed by atoms with Crippen molar-refractivity contribution < 1.29 is 23.7 Å². The highest BCUT2D eigenvalue weighted by molar-refractivity contribution is 5.94. The Balaban J connectivity index is 2.53. The molecule has 1 heterocycles. The molecule has 0 saturated heterocycles. The number of hydrogen-bond acceptors (Lipinski definition) is 8. The lowest BCUT2D eigenvalue weighted by molar-refractivity contribution is -0.138. The molecular formula is C25H40N4O6. The van der Waals surface area contributed by atoms with E-state index < -0.39 is 17.6 Å². The average Bonchev–Trinajstić information content (AvgIpc) is 2.81. The Labute approximate surface area is 207 Å². The molecule has 10 nitrogen and oxygen atoms in total. The molecule has 2 aromatic rings. The average molecular weight is 493 g/mol. The predicted molar refractivity (Wildman–Crippen MR) is 135 cm³/mol. The van der Waals surface area contributed by atoms with Crippen LogP contribution in [0.25, 0.3) is 11.0 Å². The second-order valence-corrected chi connectivity index (χ2v) is 9.11. The molecule has 0 unspecified atom stereocenters. The number of likely N-dealkylation sites (N-methyl/N-ethyl adjacent to an activating group) is 1. The van der Waals surface area contributed by atoms with Gasteiger partial charge in [-0.25, -0.2) is 4.98 Å². The Kier molecular flexibility index (Phi) is 11.3. The second-order valence-electron chi connectivity index (χ2n) is 9.11. The van der Waals surface area contributed by atoms with E-state index in [-0.39, 0.29) is 37.8 Å². The molecule has 0 bridgehead atoms. The fourth-order valence-corrected chi connectivity index (χ4v) is 3.64. The summed E-state index contributed by atoms with van der Waals surface area (Å²) >= 11 is 0. The zero-order valence-electron chi connectivity index (χ0n) is 22.2. The van der Waals surface area contributed by atoms with Crippen LogP contribution in [-0.2, 0) is 25.5 Å². The monoisotopic (exact) mass is 492 g/mol. The van der Waals surface area contributed by atoms with Crippen molar-refractivity contribution in [1.29, 1.82) is 0 Å². The number of ether oxygens (including phenoxy) is 4. The molecule has 0 radical (unpaired) electrons. The smallest absolute Gasteiger partial charge is 0.282 e. The Morgan fingerprint density at radius 3 is 2.34 bits per heavy atom. The first-order chi connectivity index (χ1) is 16.6. The summed E-state index contributed by atoms with van der Waals surface area (Å²) in [5, 5.41) is 2.80. The summed E-state index contributed by atoms with van der Waals surface area (Å²) in [6.45, 7) is 9.33. The highest BCUT2D eigenvalue weighted by Gasteiger charge is 2.27. The summed E-state index contributed by atoms with van der Waals surface area (Å²) in [4.78, 5) is 32.9. The van der Waals surface area contributed by atoms with Crippen LogP contribution in [0.15, 0.2) is 16.9 Å². The van der Waals surface area contributed by atoms with Crippen LogP contribution in [0.1, 0.15) is 35.5 Å². The Hall–Kier alpha value is -2.37. The van der Waals surface area contributed by atoms with Crippen molar-refractivity contribution in [2.75, 3.05) is 55.0 Å². The minimum absolute atomic E-state index is 0.0553. The summed E-state index contributed by atoms with van der Waals surface area (Å²) in [6.07, 6.45) is -0.644. The number of aryl methyl sites for hydroxylation is 2. The number of carbonyl (C=O) groups is 1. The van der Waals surface area contributed by atoms with Gasteiger partial charge in [0.25, 0.3) is 11.5 Å².